The van der Waals surface area contributed by atoms with Crippen LogP contribution in [0.2, 0.25) is 0 Å². The van der Waals surface area contributed by atoms with E-state index in [0.29, 0.717) is 12.5 Å². The Kier molecular flexibility index (Phi) is 3.01. The smallest absolute Gasteiger partial charge is 0.222 e. The maximum absolute atomic E-state index is 11.3. The molecule has 0 aromatic carbocycles. The van der Waals surface area contributed by atoms with E-state index in [-0.39, 0.29) is 5.91 Å². The molecule has 0 aliphatic carbocycles. The van der Waals surface area contributed by atoms with Gasteiger partial charge in [-0.3, -0.25) is 4.79 Å². The van der Waals surface area contributed by atoms with E-state index in [9.17, 15) is 4.79 Å². The van der Waals surface area contributed by atoms with E-state index in [1.165, 1.54) is 0 Å². The van der Waals surface area contributed by atoms with Crippen LogP contribution in [0.3, 0.4) is 0 Å². The molecular weight excluding hydrogens is 192 g/mol. The minimum atomic E-state index is 0.242. The molecule has 1 aliphatic heterocycles. The summed E-state index contributed by atoms with van der Waals surface area (Å²) in [5.74, 6) is 1.18. The number of nitrogens with one attached hydrogen (secondary N) is 2. The zero-order valence-electron chi connectivity index (χ0n) is 8.86. The van der Waals surface area contributed by atoms with Gasteiger partial charge in [-0.1, -0.05) is 0 Å². The number of hydrogen-bond acceptors (Lipinski definition) is 3. The molecular formula is C10H16N4O. The summed E-state index contributed by atoms with van der Waals surface area (Å²) in [6.07, 6.45) is 5.12. The van der Waals surface area contributed by atoms with Crippen LogP contribution in [0.15, 0.2) is 12.4 Å². The summed E-state index contributed by atoms with van der Waals surface area (Å²) in [4.78, 5) is 20.2. The fourth-order valence-corrected chi connectivity index (χ4v) is 1.81. The second-order valence-electron chi connectivity index (χ2n) is 3.93. The van der Waals surface area contributed by atoms with Crippen LogP contribution >= 0.6 is 0 Å². The third kappa shape index (κ3) is 2.56. The summed E-state index contributed by atoms with van der Waals surface area (Å²) in [6.45, 7) is 1.53. The zero-order valence-corrected chi connectivity index (χ0v) is 8.86. The molecule has 1 aliphatic rings. The normalized spacial score (nSPS) is 22.1. The molecule has 1 atom stereocenters. The van der Waals surface area contributed by atoms with Crippen molar-refractivity contribution in [2.45, 2.75) is 25.4 Å². The number of piperidine rings is 1. The van der Waals surface area contributed by atoms with Crippen molar-refractivity contribution >= 4 is 5.91 Å². The van der Waals surface area contributed by atoms with Crippen LogP contribution in [0.4, 0.5) is 0 Å². The van der Waals surface area contributed by atoms with Crippen molar-refractivity contribution < 1.29 is 4.79 Å². The lowest BCUT2D eigenvalue weighted by Crippen LogP contribution is -2.46. The van der Waals surface area contributed by atoms with Crippen LogP contribution in [-0.4, -0.2) is 40.4 Å². The second-order valence-corrected chi connectivity index (χ2v) is 3.93. The van der Waals surface area contributed by atoms with E-state index in [2.05, 4.69) is 15.3 Å². The van der Waals surface area contributed by atoms with E-state index in [4.69, 9.17) is 0 Å². The summed E-state index contributed by atoms with van der Waals surface area (Å²) >= 11 is 0. The molecule has 1 unspecified atom stereocenters. The van der Waals surface area contributed by atoms with Gasteiger partial charge in [0.1, 0.15) is 5.82 Å². The van der Waals surface area contributed by atoms with Gasteiger partial charge in [0.15, 0.2) is 0 Å². The minimum Gasteiger partial charge on any atom is -0.348 e. The first-order valence-corrected chi connectivity index (χ1v) is 5.21. The topological polar surface area (TPSA) is 61.0 Å². The van der Waals surface area contributed by atoms with E-state index in [1.807, 2.05) is 13.2 Å². The highest BCUT2D eigenvalue weighted by Crippen LogP contribution is 2.09. The summed E-state index contributed by atoms with van der Waals surface area (Å²) in [5, 5.41) is 3.39. The van der Waals surface area contributed by atoms with Crippen molar-refractivity contribution in [3.63, 3.8) is 0 Å². The second kappa shape index (κ2) is 4.44. The van der Waals surface area contributed by atoms with Gasteiger partial charge in [0.2, 0.25) is 5.91 Å². The van der Waals surface area contributed by atoms with Gasteiger partial charge in [-0.25, -0.2) is 4.98 Å². The number of likely N-dealkylation sites (N-methyl/N-ethyl adjacent to an activating group) is 1. The molecule has 1 fully saturated rings. The molecule has 0 saturated carbocycles. The van der Waals surface area contributed by atoms with Gasteiger partial charge >= 0.3 is 0 Å². The van der Waals surface area contributed by atoms with E-state index < -0.39 is 0 Å². The lowest BCUT2D eigenvalue weighted by Gasteiger charge is -2.30. The summed E-state index contributed by atoms with van der Waals surface area (Å²) in [7, 11) is 1.85. The summed E-state index contributed by atoms with van der Waals surface area (Å²) in [5.41, 5.74) is 0. The molecule has 1 aromatic heterocycles. The van der Waals surface area contributed by atoms with Gasteiger partial charge in [0.25, 0.3) is 0 Å². The number of rotatable bonds is 3. The number of aromatic amines is 1. The number of amides is 1. The van der Waals surface area contributed by atoms with Gasteiger partial charge in [0.05, 0.1) is 6.54 Å². The first-order chi connectivity index (χ1) is 7.25. The van der Waals surface area contributed by atoms with Gasteiger partial charge in [-0.2, -0.15) is 0 Å². The van der Waals surface area contributed by atoms with Gasteiger partial charge < -0.3 is 15.2 Å². The lowest BCUT2D eigenvalue weighted by atomic mass is 10.1. The summed E-state index contributed by atoms with van der Waals surface area (Å²) < 4.78 is 0. The highest BCUT2D eigenvalue weighted by molar-refractivity contribution is 5.76. The maximum Gasteiger partial charge on any atom is 0.222 e. The van der Waals surface area contributed by atoms with Crippen LogP contribution in [0.1, 0.15) is 18.7 Å². The van der Waals surface area contributed by atoms with Crippen molar-refractivity contribution in [3.05, 3.63) is 18.2 Å². The first kappa shape index (κ1) is 10.2. The SMILES string of the molecule is CN1CC(NCc2ncc[nH]2)CCC1=O. The average molecular weight is 208 g/mol. The van der Waals surface area contributed by atoms with Crippen LogP contribution in [0.5, 0.6) is 0 Å². The third-order valence-electron chi connectivity index (χ3n) is 2.74. The van der Waals surface area contributed by atoms with Crippen molar-refractivity contribution in [1.82, 2.24) is 20.2 Å². The quantitative estimate of drug-likeness (QED) is 0.741. The summed E-state index contributed by atoms with van der Waals surface area (Å²) in [6, 6.07) is 0.387. The van der Waals surface area contributed by atoms with Gasteiger partial charge in [0, 0.05) is 38.4 Å². The lowest BCUT2D eigenvalue weighted by molar-refractivity contribution is -0.132. The molecule has 1 saturated heterocycles. The van der Waals surface area contributed by atoms with Crippen molar-refractivity contribution in [2.24, 2.45) is 0 Å². The minimum absolute atomic E-state index is 0.242. The van der Waals surface area contributed by atoms with Crippen molar-refractivity contribution in [1.29, 1.82) is 0 Å². The number of carbonyl (C=O) groups excluding carboxylic acids is 1. The van der Waals surface area contributed by atoms with Crippen LogP contribution < -0.4 is 5.32 Å². The van der Waals surface area contributed by atoms with E-state index in [0.717, 1.165) is 25.3 Å². The number of carbonyl (C=O) groups is 1. The number of hydrogen-bond donors (Lipinski definition) is 2. The Labute approximate surface area is 88.9 Å². The maximum atomic E-state index is 11.3. The zero-order chi connectivity index (χ0) is 10.7. The van der Waals surface area contributed by atoms with Crippen molar-refractivity contribution in [3.8, 4) is 0 Å². The molecule has 0 radical (unpaired) electrons. The largest absolute Gasteiger partial charge is 0.348 e. The average Bonchev–Trinajstić information content (AvgIpc) is 2.73. The highest BCUT2D eigenvalue weighted by Gasteiger charge is 2.22. The molecule has 2 N–H and O–H groups in total. The fraction of sp³-hybridized carbons (Fsp3) is 0.600. The van der Waals surface area contributed by atoms with Gasteiger partial charge in [-0.05, 0) is 6.42 Å². The Bertz CT molecular complexity index is 322. The molecule has 2 heterocycles. The molecule has 82 valence electrons. The Morgan fingerprint density at radius 3 is 3.27 bits per heavy atom. The fourth-order valence-electron chi connectivity index (χ4n) is 1.81. The predicted octanol–water partition coefficient (Wildman–Crippen LogP) is 0.120. The molecule has 5 nitrogen and oxygen atoms in total. The molecule has 1 aromatic rings. The number of nitrogens with zero attached hydrogens (tertiary/aromatic N) is 2. The highest BCUT2D eigenvalue weighted by atomic mass is 16.2. The molecule has 1 amide bonds. The molecule has 5 heteroatoms. The molecule has 0 bridgehead atoms. The third-order valence-corrected chi connectivity index (χ3v) is 2.74. The Hall–Kier alpha value is -1.36. The first-order valence-electron chi connectivity index (χ1n) is 5.21. The number of imidazole rings is 1. The molecule has 15 heavy (non-hydrogen) atoms. The molecule has 2 rings (SSSR count). The van der Waals surface area contributed by atoms with Crippen LogP contribution in [0, 0.1) is 0 Å². The van der Waals surface area contributed by atoms with Gasteiger partial charge in [-0.15, -0.1) is 0 Å². The predicted molar refractivity (Wildman–Crippen MR) is 56.1 cm³/mol. The van der Waals surface area contributed by atoms with Crippen LogP contribution in [0.25, 0.3) is 0 Å². The Morgan fingerprint density at radius 1 is 1.73 bits per heavy atom. The molecule has 0 spiro atoms. The van der Waals surface area contributed by atoms with Crippen LogP contribution in [-0.2, 0) is 11.3 Å². The Balaban J connectivity index is 1.78. The van der Waals surface area contributed by atoms with Crippen molar-refractivity contribution in [2.75, 3.05) is 13.6 Å². The number of H-pyrrole nitrogens is 1. The monoisotopic (exact) mass is 208 g/mol. The Morgan fingerprint density at radius 2 is 2.60 bits per heavy atom. The number of likely N-dealkylation sites (tertiary alicyclic amines) is 1. The van der Waals surface area contributed by atoms with E-state index >= 15 is 0 Å². The number of aromatic nitrogens is 2. The standard InChI is InChI=1S/C10H16N4O/c1-14-7-8(2-3-10(14)15)13-6-9-11-4-5-12-9/h4-5,8,13H,2-3,6-7H2,1H3,(H,11,12). The van der Waals surface area contributed by atoms with E-state index in [1.54, 1.807) is 11.1 Å².